The molecule has 0 fully saturated rings. The second kappa shape index (κ2) is 56.7. The SMILES string of the molecule is CCCCCCCC/C=C\CCCCCCCCCCCC(=O)OCCCCCCCCCCCCC/C=C\CCCCCCCCCC(=O)NC(CO)C(O)/C=C/CCCCCCCCC. The molecule has 6 nitrogen and oxygen atoms in total. The van der Waals surface area contributed by atoms with Crippen molar-refractivity contribution in [1.29, 1.82) is 0 Å². The number of hydrogen-bond acceptors (Lipinski definition) is 5. The Morgan fingerprint density at radius 1 is 0.403 bits per heavy atom. The van der Waals surface area contributed by atoms with E-state index in [1.165, 1.54) is 238 Å². The van der Waals surface area contributed by atoms with Crippen LogP contribution in [0.25, 0.3) is 0 Å². The molecule has 0 spiro atoms. The third kappa shape index (κ3) is 53.3. The quantitative estimate of drug-likeness (QED) is 0.0321. The van der Waals surface area contributed by atoms with E-state index in [1.54, 1.807) is 6.08 Å². The smallest absolute Gasteiger partial charge is 0.305 e. The summed E-state index contributed by atoms with van der Waals surface area (Å²) in [5.41, 5.74) is 0. The second-order valence-corrected chi connectivity index (χ2v) is 20.3. The van der Waals surface area contributed by atoms with Gasteiger partial charge in [-0.2, -0.15) is 0 Å². The Morgan fingerprint density at radius 2 is 0.701 bits per heavy atom. The Balaban J connectivity index is 3.38. The van der Waals surface area contributed by atoms with Crippen LogP contribution in [0.4, 0.5) is 0 Å². The standard InChI is InChI=1S/C61H115NO5/c1-3-5-7-9-11-13-14-15-16-17-22-26-29-32-35-39-43-47-51-55-61(66)67-56-52-48-44-40-36-33-30-27-24-21-19-18-20-23-25-28-31-34-38-42-46-50-54-60(65)62-58(57-63)59(64)53-49-45-41-37-12-10-8-6-4-2/h15-16,20,23,49,53,58-59,63-64H,3-14,17-19,21-22,24-48,50-52,54-57H2,1-2H3,(H,62,65)/b16-15-,23-20-,53-49+. The summed E-state index contributed by atoms with van der Waals surface area (Å²) in [5, 5.41) is 22.9. The second-order valence-electron chi connectivity index (χ2n) is 20.3. The minimum atomic E-state index is -0.846. The van der Waals surface area contributed by atoms with Crippen LogP contribution in [0.15, 0.2) is 36.5 Å². The molecule has 0 aliphatic heterocycles. The molecule has 0 bridgehead atoms. The molecular formula is C61H115NO5. The van der Waals surface area contributed by atoms with Crippen molar-refractivity contribution in [3.63, 3.8) is 0 Å². The van der Waals surface area contributed by atoms with Crippen molar-refractivity contribution in [2.45, 2.75) is 328 Å². The number of amides is 1. The van der Waals surface area contributed by atoms with Gasteiger partial charge in [-0.1, -0.05) is 256 Å². The molecule has 0 aliphatic carbocycles. The van der Waals surface area contributed by atoms with Crippen LogP contribution < -0.4 is 5.32 Å². The number of rotatable bonds is 55. The Morgan fingerprint density at radius 3 is 1.06 bits per heavy atom. The fraction of sp³-hybridized carbons (Fsp3) is 0.869. The topological polar surface area (TPSA) is 95.9 Å². The van der Waals surface area contributed by atoms with Gasteiger partial charge in [0.05, 0.1) is 25.4 Å². The summed E-state index contributed by atoms with van der Waals surface area (Å²) in [5.74, 6) is -0.0692. The molecule has 1 amide bonds. The van der Waals surface area contributed by atoms with Crippen molar-refractivity contribution in [2.24, 2.45) is 0 Å². The van der Waals surface area contributed by atoms with E-state index < -0.39 is 12.1 Å². The third-order valence-electron chi connectivity index (χ3n) is 13.6. The number of nitrogens with one attached hydrogen (secondary N) is 1. The van der Waals surface area contributed by atoms with Gasteiger partial charge in [0.25, 0.3) is 0 Å². The molecule has 0 aromatic rings. The number of allylic oxidation sites excluding steroid dienone is 5. The molecule has 0 heterocycles. The van der Waals surface area contributed by atoms with Crippen LogP contribution >= 0.6 is 0 Å². The zero-order chi connectivity index (χ0) is 48.6. The van der Waals surface area contributed by atoms with Gasteiger partial charge >= 0.3 is 5.97 Å². The van der Waals surface area contributed by atoms with Crippen LogP contribution in [0.1, 0.15) is 316 Å². The molecule has 0 saturated heterocycles. The molecule has 0 radical (unpaired) electrons. The van der Waals surface area contributed by atoms with Crippen LogP contribution in [-0.2, 0) is 14.3 Å². The maximum atomic E-state index is 12.4. The normalized spacial score (nSPS) is 12.8. The summed E-state index contributed by atoms with van der Waals surface area (Å²) in [6.45, 7) is 4.87. The average Bonchev–Trinajstić information content (AvgIpc) is 3.33. The zero-order valence-electron chi connectivity index (χ0n) is 44.9. The first-order valence-corrected chi connectivity index (χ1v) is 29.8. The van der Waals surface area contributed by atoms with Crippen molar-refractivity contribution in [3.8, 4) is 0 Å². The zero-order valence-corrected chi connectivity index (χ0v) is 44.9. The number of carbonyl (C=O) groups excluding carboxylic acids is 2. The third-order valence-corrected chi connectivity index (χ3v) is 13.6. The fourth-order valence-corrected chi connectivity index (χ4v) is 9.03. The molecule has 67 heavy (non-hydrogen) atoms. The van der Waals surface area contributed by atoms with Crippen LogP contribution in [0, 0.1) is 0 Å². The molecule has 6 heteroatoms. The first-order valence-electron chi connectivity index (χ1n) is 29.8. The van der Waals surface area contributed by atoms with E-state index in [1.807, 2.05) is 6.08 Å². The summed E-state index contributed by atoms with van der Waals surface area (Å²) in [4.78, 5) is 24.5. The highest BCUT2D eigenvalue weighted by Gasteiger charge is 2.18. The number of aliphatic hydroxyl groups is 2. The number of unbranched alkanes of at least 4 members (excludes halogenated alkanes) is 40. The van der Waals surface area contributed by atoms with Gasteiger partial charge in [0, 0.05) is 12.8 Å². The molecule has 0 aromatic heterocycles. The molecule has 0 rings (SSSR count). The first kappa shape index (κ1) is 65.1. The van der Waals surface area contributed by atoms with Crippen molar-refractivity contribution < 1.29 is 24.5 Å². The Bertz CT molecular complexity index is 1090. The summed E-state index contributed by atoms with van der Waals surface area (Å²) in [6.07, 6.45) is 70.4. The van der Waals surface area contributed by atoms with E-state index in [0.29, 0.717) is 19.4 Å². The lowest BCUT2D eigenvalue weighted by atomic mass is 10.0. The van der Waals surface area contributed by atoms with E-state index >= 15 is 0 Å². The Labute approximate surface area is 417 Å². The molecule has 2 atom stereocenters. The highest BCUT2D eigenvalue weighted by molar-refractivity contribution is 5.76. The van der Waals surface area contributed by atoms with E-state index in [0.717, 1.165) is 51.4 Å². The predicted octanol–water partition coefficient (Wildman–Crippen LogP) is 18.4. The van der Waals surface area contributed by atoms with E-state index in [4.69, 9.17) is 4.74 Å². The van der Waals surface area contributed by atoms with Gasteiger partial charge in [-0.15, -0.1) is 0 Å². The molecule has 2 unspecified atom stereocenters. The lowest BCUT2D eigenvalue weighted by Crippen LogP contribution is -2.45. The van der Waals surface area contributed by atoms with Crippen molar-refractivity contribution in [3.05, 3.63) is 36.5 Å². The molecular weight excluding hydrogens is 827 g/mol. The molecule has 3 N–H and O–H groups in total. The first-order chi connectivity index (χ1) is 33.0. The van der Waals surface area contributed by atoms with Crippen LogP contribution in [0.3, 0.4) is 0 Å². The van der Waals surface area contributed by atoms with E-state index in [2.05, 4.69) is 43.5 Å². The van der Waals surface area contributed by atoms with Gasteiger partial charge in [-0.05, 0) is 83.5 Å². The lowest BCUT2D eigenvalue weighted by molar-refractivity contribution is -0.143. The molecule has 0 aliphatic rings. The maximum Gasteiger partial charge on any atom is 0.305 e. The average molecular weight is 943 g/mol. The number of carbonyl (C=O) groups is 2. The van der Waals surface area contributed by atoms with Gasteiger partial charge in [-0.25, -0.2) is 0 Å². The van der Waals surface area contributed by atoms with Crippen molar-refractivity contribution in [2.75, 3.05) is 13.2 Å². The van der Waals surface area contributed by atoms with Gasteiger partial charge in [0.1, 0.15) is 0 Å². The predicted molar refractivity (Wildman–Crippen MR) is 292 cm³/mol. The highest BCUT2D eigenvalue weighted by atomic mass is 16.5. The number of hydrogen-bond donors (Lipinski definition) is 3. The number of aliphatic hydroxyl groups excluding tert-OH is 2. The molecule has 0 saturated carbocycles. The van der Waals surface area contributed by atoms with Crippen LogP contribution in [-0.4, -0.2) is 47.4 Å². The maximum absolute atomic E-state index is 12.4. The van der Waals surface area contributed by atoms with E-state index in [-0.39, 0.29) is 18.5 Å². The van der Waals surface area contributed by atoms with Crippen molar-refractivity contribution in [1.82, 2.24) is 5.32 Å². The van der Waals surface area contributed by atoms with E-state index in [9.17, 15) is 19.8 Å². The summed E-state index contributed by atoms with van der Waals surface area (Å²) < 4.78 is 5.49. The minimum absolute atomic E-state index is 0.00860. The summed E-state index contributed by atoms with van der Waals surface area (Å²) in [6, 6.07) is -0.631. The van der Waals surface area contributed by atoms with Gasteiger partial charge in [-0.3, -0.25) is 9.59 Å². The number of ether oxygens (including phenoxy) is 1. The van der Waals surface area contributed by atoms with Crippen LogP contribution in [0.2, 0.25) is 0 Å². The lowest BCUT2D eigenvalue weighted by Gasteiger charge is -2.20. The monoisotopic (exact) mass is 942 g/mol. The summed E-state index contributed by atoms with van der Waals surface area (Å²) in [7, 11) is 0. The summed E-state index contributed by atoms with van der Waals surface area (Å²) >= 11 is 0. The van der Waals surface area contributed by atoms with Crippen LogP contribution in [0.5, 0.6) is 0 Å². The van der Waals surface area contributed by atoms with Gasteiger partial charge in [0.15, 0.2) is 0 Å². The molecule has 0 aromatic carbocycles. The minimum Gasteiger partial charge on any atom is -0.466 e. The molecule has 394 valence electrons. The highest BCUT2D eigenvalue weighted by Crippen LogP contribution is 2.16. The van der Waals surface area contributed by atoms with Gasteiger partial charge < -0.3 is 20.3 Å². The Kier molecular flexibility index (Phi) is 55.0. The van der Waals surface area contributed by atoms with Gasteiger partial charge in [0.2, 0.25) is 5.91 Å². The largest absolute Gasteiger partial charge is 0.466 e. The Hall–Kier alpha value is -1.92. The fourth-order valence-electron chi connectivity index (χ4n) is 9.03. The number of esters is 1. The van der Waals surface area contributed by atoms with Crippen molar-refractivity contribution >= 4 is 11.9 Å².